The van der Waals surface area contributed by atoms with Gasteiger partial charge in [-0.25, -0.2) is 0 Å². The molecule has 2 heterocycles. The summed E-state index contributed by atoms with van der Waals surface area (Å²) in [6.07, 6.45) is 0. The summed E-state index contributed by atoms with van der Waals surface area (Å²) in [6.45, 7) is 0. The maximum atomic E-state index is 6.19. The normalized spacial score (nSPS) is 11.6. The van der Waals surface area contributed by atoms with E-state index in [1.54, 1.807) is 7.14 Å². The molecule has 5 heteroatoms. The Balaban J connectivity index is 0.000000103. The molecule has 2 aliphatic heterocycles. The average Bonchev–Trinajstić information content (AvgIpc) is 3.99. The van der Waals surface area contributed by atoms with Crippen molar-refractivity contribution in [2.45, 2.75) is 0 Å². The molecule has 12 aromatic rings. The van der Waals surface area contributed by atoms with E-state index < -0.39 is 0 Å². The summed E-state index contributed by atoms with van der Waals surface area (Å²) < 4.78 is 12.0. The first-order chi connectivity index (χ1) is 34.1. The van der Waals surface area contributed by atoms with Crippen LogP contribution in [0.3, 0.4) is 0 Å². The highest BCUT2D eigenvalue weighted by Crippen LogP contribution is 2.26. The number of rotatable bonds is 4. The van der Waals surface area contributed by atoms with Gasteiger partial charge in [-0.2, -0.15) is 0 Å². The van der Waals surface area contributed by atoms with Gasteiger partial charge in [0.1, 0.15) is 0 Å². The van der Waals surface area contributed by atoms with Gasteiger partial charge in [0.15, 0.2) is 7.14 Å². The molecule has 0 saturated heterocycles. The lowest BCUT2D eigenvalue weighted by Gasteiger charge is -1.99. The lowest BCUT2D eigenvalue weighted by molar-refractivity contribution is -0.597. The second-order valence-electron chi connectivity index (χ2n) is 16.3. The van der Waals surface area contributed by atoms with Crippen molar-refractivity contribution in [3.05, 3.63) is 294 Å². The minimum Gasteiger partial charge on any atom is -0.0793 e. The Morgan fingerprint density at radius 3 is 1.17 bits per heavy atom. The van der Waals surface area contributed by atoms with E-state index in [0.29, 0.717) is 0 Å². The minimum absolute atomic E-state index is 0.0509. The highest BCUT2D eigenvalue weighted by Gasteiger charge is 2.35. The van der Waals surface area contributed by atoms with E-state index in [0.717, 1.165) is 5.02 Å². The molecule has 0 aliphatic carbocycles. The van der Waals surface area contributed by atoms with Crippen LogP contribution < -0.4 is 84.8 Å². The number of benzene rings is 12. The zero-order chi connectivity index (χ0) is 46.4. The smallest absolute Gasteiger partial charge is 0.0793 e. The Morgan fingerprint density at radius 2 is 0.652 bits per heavy atom. The second kappa shape index (κ2) is 21.9. The molecule has 0 N–H and O–H groups in total. The largest absolute Gasteiger partial charge is 0.360 e. The quantitative estimate of drug-likeness (QED) is 0.229. The van der Waals surface area contributed by atoms with Crippen molar-refractivity contribution < 1.29 is 84.8 Å². The van der Waals surface area contributed by atoms with Gasteiger partial charge in [0.25, 0.3) is 0 Å². The summed E-state index contributed by atoms with van der Waals surface area (Å²) in [5, 5.41) is 11.8. The fourth-order valence-corrected chi connectivity index (χ4v) is 20.2. The Morgan fingerprint density at radius 1 is 0.275 bits per heavy atom. The van der Waals surface area contributed by atoms with Gasteiger partial charge in [-0.05, 0) is 142 Å². The van der Waals surface area contributed by atoms with E-state index >= 15 is 0 Å². The van der Waals surface area contributed by atoms with E-state index in [1.165, 1.54) is 86.8 Å². The van der Waals surface area contributed by atoms with E-state index in [-0.39, 0.29) is 84.8 Å². The van der Waals surface area contributed by atoms with Crippen LogP contribution in [0.4, 0.5) is 0 Å². The van der Waals surface area contributed by atoms with Gasteiger partial charge in [-0.15, -0.1) is 0 Å². The van der Waals surface area contributed by atoms with Crippen molar-refractivity contribution in [3.8, 4) is 22.3 Å². The van der Waals surface area contributed by atoms with Gasteiger partial charge in [0.05, 0.1) is 5.02 Å². The van der Waals surface area contributed by atoms with Gasteiger partial charge in [-0.1, -0.05) is 163 Å². The van der Waals surface area contributed by atoms with E-state index in [2.05, 4.69) is 249 Å². The van der Waals surface area contributed by atoms with Crippen molar-refractivity contribution in [2.24, 2.45) is 0 Å². The van der Waals surface area contributed by atoms with E-state index in [9.17, 15) is 0 Å². The van der Waals surface area contributed by atoms with Crippen molar-refractivity contribution in [1.29, 1.82) is 0 Å². The number of halogens is 5. The van der Waals surface area contributed by atoms with Crippen LogP contribution in [0.15, 0.2) is 261 Å². The summed E-state index contributed by atoms with van der Waals surface area (Å²) >= 11 is 5.94. The van der Waals surface area contributed by atoms with E-state index in [1.807, 2.05) is 12.1 Å². The monoisotopic (exact) mass is 1350 g/mol. The van der Waals surface area contributed by atoms with Gasteiger partial charge in [0.2, 0.25) is 21.4 Å². The Hall–Kier alpha value is -5.11. The zero-order valence-electron chi connectivity index (χ0n) is 37.2. The Kier molecular flexibility index (Phi) is 14.7. The highest BCUT2D eigenvalue weighted by atomic mass is 127. The molecule has 330 valence electrons. The van der Waals surface area contributed by atoms with Crippen molar-refractivity contribution in [2.75, 3.05) is 0 Å². The molecular weight excluding hydrogens is 1310 g/mol. The summed E-state index contributed by atoms with van der Waals surface area (Å²) in [6, 6.07) is 94.0. The highest BCUT2D eigenvalue weighted by molar-refractivity contribution is 6.30. The van der Waals surface area contributed by atoms with Crippen molar-refractivity contribution >= 4 is 54.7 Å². The molecule has 0 spiro atoms. The van der Waals surface area contributed by atoms with Crippen molar-refractivity contribution in [3.63, 3.8) is 0 Å². The molecule has 0 unspecified atom stereocenters. The maximum Gasteiger partial charge on any atom is 0.360 e. The molecule has 14 rings (SSSR count). The van der Waals surface area contributed by atoms with Crippen LogP contribution in [0.5, 0.6) is 0 Å². The maximum absolute atomic E-state index is 6.19. The molecule has 0 amide bonds. The van der Waals surface area contributed by atoms with Crippen LogP contribution >= 0.6 is 11.6 Å². The molecule has 0 aromatic heterocycles. The zero-order valence-corrected chi connectivity index (χ0v) is 46.6. The first-order valence-corrected chi connectivity index (χ1v) is 31.7. The SMILES string of the molecule is Clc1cccc2c1[I+]c1ccccc1-2.c1ccc2c([I+]c3cccc4ccccc34)cccc2c1.c1ccc2c(c1)[I+]c1ccccc1-2.c1ccc2cc([I+]c3ccc4ccccc4c3)ccc2c1. The molecular formula is C64H43ClI4+4. The molecule has 12 aromatic carbocycles. The second-order valence-corrected chi connectivity index (χ2v) is 28.3. The van der Waals surface area contributed by atoms with Crippen molar-refractivity contribution in [1.82, 2.24) is 0 Å². The third-order valence-electron chi connectivity index (χ3n) is 11.9. The van der Waals surface area contributed by atoms with Gasteiger partial charge >= 0.3 is 84.8 Å². The van der Waals surface area contributed by atoms with E-state index in [4.69, 9.17) is 11.6 Å². The molecule has 0 atom stereocenters. The first-order valence-electron chi connectivity index (χ1n) is 22.7. The average molecular weight is 1360 g/mol. The third kappa shape index (κ3) is 10.7. The standard InChI is InChI=1S/2C20H14I.C12H7ClI.C12H8I/c1-3-11-17-15(7-1)9-5-13-19(17)21-20-14-6-10-16-8-2-4-12-18(16)20;1-3-7-17-13-19(11-9-15(17)5-1)21-20-12-10-16-6-2-4-8-18(16)14-20;13-10-6-3-5-9-8-4-1-2-7-11(8)14-12(9)10;1-3-7-11-9(5-1)10-6-2-4-8-12(10)13-11/h2*1-14H;1-7H;1-8H/q4*+1. The third-order valence-corrected chi connectivity index (χ3v) is 24.4. The van der Waals surface area contributed by atoms with Gasteiger partial charge in [-0.3, -0.25) is 0 Å². The summed E-state index contributed by atoms with van der Waals surface area (Å²) in [4.78, 5) is 0. The lowest BCUT2D eigenvalue weighted by Crippen LogP contribution is -3.61. The number of fused-ring (bicyclic) bond motifs is 10. The van der Waals surface area contributed by atoms with Crippen LogP contribution in [-0.4, -0.2) is 0 Å². The molecule has 0 saturated carbocycles. The summed E-state index contributed by atoms with van der Waals surface area (Å²) in [7, 11) is 0. The number of hydrogen-bond donors (Lipinski definition) is 0. The number of hydrogen-bond acceptors (Lipinski definition) is 0. The fourth-order valence-electron chi connectivity index (χ4n) is 8.52. The molecule has 69 heavy (non-hydrogen) atoms. The Labute approximate surface area is 450 Å². The molecule has 2 aliphatic rings. The predicted molar refractivity (Wildman–Crippen MR) is 274 cm³/mol. The molecule has 0 radical (unpaired) electrons. The topological polar surface area (TPSA) is 0 Å². The Bertz CT molecular complexity index is 3580. The summed E-state index contributed by atoms with van der Waals surface area (Å²) in [5.74, 6) is 0. The van der Waals surface area contributed by atoms with Crippen LogP contribution in [0.25, 0.3) is 65.3 Å². The minimum atomic E-state index is -0.176. The lowest BCUT2D eigenvalue weighted by atomic mass is 10.1. The van der Waals surface area contributed by atoms with Crippen LogP contribution in [0.1, 0.15) is 0 Å². The molecule has 0 fully saturated rings. The molecule has 0 nitrogen and oxygen atoms in total. The van der Waals surface area contributed by atoms with Crippen LogP contribution in [0, 0.1) is 28.6 Å². The van der Waals surface area contributed by atoms with Crippen LogP contribution in [-0.2, 0) is 0 Å². The van der Waals surface area contributed by atoms with Gasteiger partial charge < -0.3 is 0 Å². The predicted octanol–water partition coefficient (Wildman–Crippen LogP) is 4.49. The summed E-state index contributed by atoms with van der Waals surface area (Å²) in [5.41, 5.74) is 5.66. The molecule has 0 bridgehead atoms. The van der Waals surface area contributed by atoms with Gasteiger partial charge in [0, 0.05) is 33.0 Å². The fraction of sp³-hybridized carbons (Fsp3) is 0. The first kappa shape index (κ1) is 46.3. The van der Waals surface area contributed by atoms with Crippen LogP contribution in [0.2, 0.25) is 5.02 Å².